The first kappa shape index (κ1) is 13.3. The van der Waals surface area contributed by atoms with Gasteiger partial charge in [-0.3, -0.25) is 9.59 Å². The van der Waals surface area contributed by atoms with Crippen molar-refractivity contribution in [1.82, 2.24) is 0 Å². The Bertz CT molecular complexity index is 371. The van der Waals surface area contributed by atoms with Gasteiger partial charge in [-0.15, -0.1) is 0 Å². The average molecular weight is 257 g/mol. The summed E-state index contributed by atoms with van der Waals surface area (Å²) in [5, 5.41) is 9.88. The lowest BCUT2D eigenvalue weighted by Crippen LogP contribution is -2.51. The maximum absolute atomic E-state index is 11.9. The van der Waals surface area contributed by atoms with E-state index in [1.165, 1.54) is 0 Å². The van der Waals surface area contributed by atoms with E-state index in [4.69, 9.17) is 15.2 Å². The van der Waals surface area contributed by atoms with Crippen LogP contribution in [0.5, 0.6) is 0 Å². The fraction of sp³-hybridized carbons (Fsp3) is 0.833. The highest BCUT2D eigenvalue weighted by Crippen LogP contribution is 2.62. The maximum Gasteiger partial charge on any atom is 0.326 e. The van der Waals surface area contributed by atoms with Gasteiger partial charge in [0, 0.05) is 18.3 Å². The van der Waals surface area contributed by atoms with E-state index in [9.17, 15) is 14.7 Å². The molecule has 0 radical (unpaired) electrons. The first-order chi connectivity index (χ1) is 8.47. The van der Waals surface area contributed by atoms with Gasteiger partial charge in [0.15, 0.2) is 0 Å². The summed E-state index contributed by atoms with van der Waals surface area (Å²) in [6, 6.07) is 0. The van der Waals surface area contributed by atoms with Crippen molar-refractivity contribution in [1.29, 1.82) is 0 Å². The molecular weight excluding hydrogens is 238 g/mol. The Balaban J connectivity index is 2.12. The van der Waals surface area contributed by atoms with Crippen LogP contribution in [0.3, 0.4) is 0 Å². The Kier molecular flexibility index (Phi) is 3.33. The van der Waals surface area contributed by atoms with Crippen molar-refractivity contribution in [2.75, 3.05) is 13.2 Å². The fourth-order valence-electron chi connectivity index (χ4n) is 3.12. The number of fused-ring (bicyclic) bond motifs is 1. The number of carbonyl (C=O) groups is 2. The number of carbonyl (C=O) groups excluding carboxylic acids is 2. The van der Waals surface area contributed by atoms with Crippen molar-refractivity contribution in [2.45, 2.75) is 31.9 Å². The SMILES string of the molecule is CCOC(=O)[C@H]1[C@H]2[C@@H]1[C@](N)(C(=O)OCC)C[C@@H]2O. The Morgan fingerprint density at radius 2 is 1.94 bits per heavy atom. The summed E-state index contributed by atoms with van der Waals surface area (Å²) in [6.45, 7) is 3.92. The molecule has 2 rings (SSSR count). The van der Waals surface area contributed by atoms with Gasteiger partial charge in [-0.05, 0) is 13.8 Å². The molecule has 0 bridgehead atoms. The van der Waals surface area contributed by atoms with Crippen molar-refractivity contribution < 1.29 is 24.2 Å². The Labute approximate surface area is 105 Å². The Hall–Kier alpha value is -1.14. The van der Waals surface area contributed by atoms with E-state index < -0.39 is 23.5 Å². The lowest BCUT2D eigenvalue weighted by atomic mass is 9.91. The van der Waals surface area contributed by atoms with E-state index in [0.717, 1.165) is 0 Å². The lowest BCUT2D eigenvalue weighted by molar-refractivity contribution is -0.152. The molecule has 18 heavy (non-hydrogen) atoms. The van der Waals surface area contributed by atoms with Crippen molar-refractivity contribution in [3.63, 3.8) is 0 Å². The molecule has 0 spiro atoms. The van der Waals surface area contributed by atoms with Crippen LogP contribution >= 0.6 is 0 Å². The third-order valence-corrected chi connectivity index (χ3v) is 3.88. The van der Waals surface area contributed by atoms with Crippen molar-refractivity contribution in [3.8, 4) is 0 Å². The quantitative estimate of drug-likeness (QED) is 0.655. The van der Waals surface area contributed by atoms with E-state index in [1.54, 1.807) is 13.8 Å². The van der Waals surface area contributed by atoms with Gasteiger partial charge in [0.1, 0.15) is 5.54 Å². The molecule has 0 aromatic rings. The number of esters is 2. The summed E-state index contributed by atoms with van der Waals surface area (Å²) in [4.78, 5) is 23.6. The third kappa shape index (κ3) is 1.80. The molecule has 3 N–H and O–H groups in total. The second-order valence-electron chi connectivity index (χ2n) is 4.91. The zero-order valence-electron chi connectivity index (χ0n) is 10.6. The number of rotatable bonds is 4. The van der Waals surface area contributed by atoms with Crippen LogP contribution in [-0.2, 0) is 19.1 Å². The minimum Gasteiger partial charge on any atom is -0.466 e. The van der Waals surface area contributed by atoms with E-state index in [2.05, 4.69) is 0 Å². The molecule has 0 unspecified atom stereocenters. The van der Waals surface area contributed by atoms with Crippen LogP contribution in [0.4, 0.5) is 0 Å². The molecule has 0 aromatic carbocycles. The third-order valence-electron chi connectivity index (χ3n) is 3.88. The van der Waals surface area contributed by atoms with Crippen LogP contribution in [0.1, 0.15) is 20.3 Å². The number of aliphatic hydroxyl groups is 1. The Morgan fingerprint density at radius 1 is 1.33 bits per heavy atom. The predicted molar refractivity (Wildman–Crippen MR) is 61.3 cm³/mol. The van der Waals surface area contributed by atoms with Crippen molar-refractivity contribution in [3.05, 3.63) is 0 Å². The smallest absolute Gasteiger partial charge is 0.326 e. The number of hydrogen-bond acceptors (Lipinski definition) is 6. The topological polar surface area (TPSA) is 98.9 Å². The van der Waals surface area contributed by atoms with Gasteiger partial charge in [-0.1, -0.05) is 0 Å². The van der Waals surface area contributed by atoms with Crippen molar-refractivity contribution >= 4 is 11.9 Å². The first-order valence-corrected chi connectivity index (χ1v) is 6.28. The summed E-state index contributed by atoms with van der Waals surface area (Å²) in [7, 11) is 0. The predicted octanol–water partition coefficient (Wildman–Crippen LogP) is -0.563. The minimum atomic E-state index is -1.25. The Morgan fingerprint density at radius 3 is 2.50 bits per heavy atom. The summed E-state index contributed by atoms with van der Waals surface area (Å²) >= 11 is 0. The van der Waals surface area contributed by atoms with Gasteiger partial charge in [0.05, 0.1) is 25.2 Å². The molecule has 0 aromatic heterocycles. The molecular formula is C12H19NO5. The summed E-state index contributed by atoms with van der Waals surface area (Å²) in [5.74, 6) is -2.01. The second-order valence-corrected chi connectivity index (χ2v) is 4.91. The summed E-state index contributed by atoms with van der Waals surface area (Å²) in [6.07, 6.45) is -0.587. The molecule has 102 valence electrons. The van der Waals surface area contributed by atoms with Gasteiger partial charge in [-0.2, -0.15) is 0 Å². The van der Waals surface area contributed by atoms with Gasteiger partial charge >= 0.3 is 11.9 Å². The lowest BCUT2D eigenvalue weighted by Gasteiger charge is -2.25. The first-order valence-electron chi connectivity index (χ1n) is 6.28. The molecule has 0 saturated heterocycles. The van der Waals surface area contributed by atoms with Crippen LogP contribution < -0.4 is 5.73 Å². The van der Waals surface area contributed by atoms with E-state index in [1.807, 2.05) is 0 Å². The summed E-state index contributed by atoms with van der Waals surface area (Å²) < 4.78 is 9.86. The van der Waals surface area contributed by atoms with Crippen LogP contribution in [0, 0.1) is 17.8 Å². The number of aliphatic hydroxyl groups excluding tert-OH is 1. The highest BCUT2D eigenvalue weighted by atomic mass is 16.5. The number of hydrogen-bond donors (Lipinski definition) is 2. The molecule has 6 nitrogen and oxygen atoms in total. The molecule has 2 saturated carbocycles. The van der Waals surface area contributed by atoms with E-state index in [-0.39, 0.29) is 37.4 Å². The van der Waals surface area contributed by atoms with Crippen molar-refractivity contribution in [2.24, 2.45) is 23.5 Å². The summed E-state index contributed by atoms with van der Waals surface area (Å²) in [5.41, 5.74) is 4.79. The normalized spacial score (nSPS) is 41.1. The average Bonchev–Trinajstić information content (AvgIpc) is 2.99. The molecule has 0 aliphatic heterocycles. The number of ether oxygens (including phenoxy) is 2. The van der Waals surface area contributed by atoms with Gasteiger partial charge in [0.2, 0.25) is 0 Å². The molecule has 0 heterocycles. The standard InChI is InChI=1S/C12H19NO5/c1-3-17-10(15)8-7-6(14)5-12(13,9(7)8)11(16)18-4-2/h6-9,14H,3-5,13H2,1-2H3/t6-,7-,8-,9-,12-/m0/s1. The molecule has 2 fully saturated rings. The largest absolute Gasteiger partial charge is 0.466 e. The molecule has 2 aliphatic carbocycles. The minimum absolute atomic E-state index is 0.150. The van der Waals surface area contributed by atoms with Gasteiger partial charge in [-0.25, -0.2) is 0 Å². The molecule has 5 atom stereocenters. The van der Waals surface area contributed by atoms with Crippen LogP contribution in [0.2, 0.25) is 0 Å². The van der Waals surface area contributed by atoms with Gasteiger partial charge < -0.3 is 20.3 Å². The molecule has 2 aliphatic rings. The molecule has 0 amide bonds. The monoisotopic (exact) mass is 257 g/mol. The number of nitrogens with two attached hydrogens (primary N) is 1. The second kappa shape index (κ2) is 4.51. The van der Waals surface area contributed by atoms with Gasteiger partial charge in [0.25, 0.3) is 0 Å². The highest BCUT2D eigenvalue weighted by Gasteiger charge is 2.74. The van der Waals surface area contributed by atoms with Crippen LogP contribution in [0.25, 0.3) is 0 Å². The van der Waals surface area contributed by atoms with Crippen LogP contribution in [0.15, 0.2) is 0 Å². The van der Waals surface area contributed by atoms with Crippen LogP contribution in [-0.4, -0.2) is 41.9 Å². The van der Waals surface area contributed by atoms with E-state index >= 15 is 0 Å². The zero-order chi connectivity index (χ0) is 13.5. The fourth-order valence-corrected chi connectivity index (χ4v) is 3.12. The maximum atomic E-state index is 11.9. The van der Waals surface area contributed by atoms with E-state index in [0.29, 0.717) is 0 Å². The highest BCUT2D eigenvalue weighted by molar-refractivity contribution is 5.87. The molecule has 6 heteroatoms. The zero-order valence-corrected chi connectivity index (χ0v) is 10.6.